The van der Waals surface area contributed by atoms with Crippen LogP contribution >= 0.6 is 0 Å². The molecule has 0 saturated heterocycles. The number of rotatable bonds is 9. The van der Waals surface area contributed by atoms with E-state index in [-0.39, 0.29) is 11.9 Å². The van der Waals surface area contributed by atoms with Gasteiger partial charge in [-0.1, -0.05) is 62.4 Å². The lowest BCUT2D eigenvalue weighted by Crippen LogP contribution is -2.26. The van der Waals surface area contributed by atoms with Gasteiger partial charge in [0.15, 0.2) is 0 Å². The van der Waals surface area contributed by atoms with Gasteiger partial charge in [0.2, 0.25) is 0 Å². The molecule has 0 saturated carbocycles. The lowest BCUT2D eigenvalue weighted by molar-refractivity contribution is 0.0939. The third-order valence-electron chi connectivity index (χ3n) is 5.19. The van der Waals surface area contributed by atoms with Crippen molar-refractivity contribution < 1.29 is 14.3 Å². The fourth-order valence-electron chi connectivity index (χ4n) is 3.48. The van der Waals surface area contributed by atoms with Crippen molar-refractivity contribution in [3.05, 3.63) is 95.1 Å². The maximum absolute atomic E-state index is 12.9. The zero-order chi connectivity index (χ0) is 22.2. The van der Waals surface area contributed by atoms with Crippen LogP contribution in [-0.2, 0) is 6.61 Å². The lowest BCUT2D eigenvalue weighted by Gasteiger charge is -2.17. The van der Waals surface area contributed by atoms with Crippen molar-refractivity contribution in [3.8, 4) is 11.5 Å². The molecule has 0 radical (unpaired) electrons. The van der Waals surface area contributed by atoms with Crippen LogP contribution in [0.15, 0.2) is 72.8 Å². The van der Waals surface area contributed by atoms with E-state index in [2.05, 4.69) is 25.2 Å². The smallest absolute Gasteiger partial charge is 0.251 e. The van der Waals surface area contributed by atoms with Crippen LogP contribution in [0.4, 0.5) is 0 Å². The number of amides is 1. The van der Waals surface area contributed by atoms with Crippen molar-refractivity contribution in [2.45, 2.75) is 46.3 Å². The summed E-state index contributed by atoms with van der Waals surface area (Å²) >= 11 is 0. The van der Waals surface area contributed by atoms with Gasteiger partial charge in [0, 0.05) is 11.1 Å². The van der Waals surface area contributed by atoms with Crippen LogP contribution in [0, 0.1) is 0 Å². The first-order valence-electron chi connectivity index (χ1n) is 10.8. The van der Waals surface area contributed by atoms with E-state index in [0.717, 1.165) is 28.2 Å². The number of para-hydroxylation sites is 1. The van der Waals surface area contributed by atoms with Crippen molar-refractivity contribution >= 4 is 5.91 Å². The van der Waals surface area contributed by atoms with Gasteiger partial charge in [-0.05, 0) is 55.2 Å². The Hall–Kier alpha value is -3.27. The summed E-state index contributed by atoms with van der Waals surface area (Å²) in [5.74, 6) is 1.83. The SMILES string of the molecule is CCOc1ccc(C(=O)NC(C)c2ccccc2)cc1COc1ccccc1C(C)C. The third kappa shape index (κ3) is 5.88. The Balaban J connectivity index is 1.78. The van der Waals surface area contributed by atoms with Crippen molar-refractivity contribution in [1.29, 1.82) is 0 Å². The lowest BCUT2D eigenvalue weighted by atomic mass is 10.0. The van der Waals surface area contributed by atoms with Crippen LogP contribution in [0.25, 0.3) is 0 Å². The number of nitrogens with one attached hydrogen (secondary N) is 1. The van der Waals surface area contributed by atoms with E-state index in [4.69, 9.17) is 9.47 Å². The van der Waals surface area contributed by atoms with Crippen molar-refractivity contribution in [3.63, 3.8) is 0 Å². The molecule has 0 aliphatic rings. The normalized spacial score (nSPS) is 11.8. The molecule has 0 bridgehead atoms. The Kier molecular flexibility index (Phi) is 7.71. The topological polar surface area (TPSA) is 47.6 Å². The largest absolute Gasteiger partial charge is 0.493 e. The van der Waals surface area contributed by atoms with Gasteiger partial charge in [-0.15, -0.1) is 0 Å². The average Bonchev–Trinajstić information content (AvgIpc) is 2.79. The van der Waals surface area contributed by atoms with Gasteiger partial charge in [-0.3, -0.25) is 4.79 Å². The molecule has 1 amide bonds. The monoisotopic (exact) mass is 417 g/mol. The molecule has 0 spiro atoms. The fourth-order valence-corrected chi connectivity index (χ4v) is 3.48. The number of carbonyl (C=O) groups is 1. The second-order valence-electron chi connectivity index (χ2n) is 7.84. The Morgan fingerprint density at radius 2 is 1.58 bits per heavy atom. The summed E-state index contributed by atoms with van der Waals surface area (Å²) in [6.07, 6.45) is 0. The Morgan fingerprint density at radius 3 is 2.29 bits per heavy atom. The summed E-state index contributed by atoms with van der Waals surface area (Å²) in [5.41, 5.74) is 3.66. The molecule has 0 aliphatic heterocycles. The minimum absolute atomic E-state index is 0.0853. The van der Waals surface area contributed by atoms with Crippen molar-refractivity contribution in [1.82, 2.24) is 5.32 Å². The molecule has 0 aromatic heterocycles. The molecule has 0 heterocycles. The van der Waals surface area contributed by atoms with Gasteiger partial charge in [0.25, 0.3) is 5.91 Å². The minimum Gasteiger partial charge on any atom is -0.493 e. The maximum Gasteiger partial charge on any atom is 0.251 e. The fraction of sp³-hybridized carbons (Fsp3) is 0.296. The molecule has 4 heteroatoms. The summed E-state index contributed by atoms with van der Waals surface area (Å²) in [6.45, 7) is 9.09. The van der Waals surface area contributed by atoms with E-state index >= 15 is 0 Å². The standard InChI is InChI=1S/C27H31NO3/c1-5-30-25-16-15-22(27(29)28-20(4)21-11-7-6-8-12-21)17-23(25)18-31-26-14-10-9-13-24(26)19(2)3/h6-17,19-20H,5,18H2,1-4H3,(H,28,29). The summed E-state index contributed by atoms with van der Waals surface area (Å²) in [7, 11) is 0. The highest BCUT2D eigenvalue weighted by Gasteiger charge is 2.15. The Bertz CT molecular complexity index is 998. The first-order valence-corrected chi connectivity index (χ1v) is 10.8. The van der Waals surface area contributed by atoms with E-state index in [1.54, 1.807) is 6.07 Å². The van der Waals surface area contributed by atoms with Crippen LogP contribution < -0.4 is 14.8 Å². The Morgan fingerprint density at radius 1 is 0.871 bits per heavy atom. The molecular formula is C27H31NO3. The highest BCUT2D eigenvalue weighted by atomic mass is 16.5. The zero-order valence-electron chi connectivity index (χ0n) is 18.7. The van der Waals surface area contributed by atoms with Gasteiger partial charge >= 0.3 is 0 Å². The first kappa shape index (κ1) is 22.4. The van der Waals surface area contributed by atoms with Crippen LogP contribution in [-0.4, -0.2) is 12.5 Å². The summed E-state index contributed by atoms with van der Waals surface area (Å²) in [5, 5.41) is 3.07. The third-order valence-corrected chi connectivity index (χ3v) is 5.19. The first-order chi connectivity index (χ1) is 15.0. The van der Waals surface area contributed by atoms with Gasteiger partial charge in [-0.2, -0.15) is 0 Å². The molecule has 3 aromatic carbocycles. The van der Waals surface area contributed by atoms with Crippen molar-refractivity contribution in [2.75, 3.05) is 6.61 Å². The van der Waals surface area contributed by atoms with E-state index < -0.39 is 0 Å². The Labute approximate surface area is 185 Å². The zero-order valence-corrected chi connectivity index (χ0v) is 18.7. The summed E-state index contributed by atoms with van der Waals surface area (Å²) in [6, 6.07) is 23.4. The number of benzene rings is 3. The quantitative estimate of drug-likeness (QED) is 0.446. The molecular weight excluding hydrogens is 386 g/mol. The van der Waals surface area contributed by atoms with Gasteiger partial charge in [0.05, 0.1) is 12.6 Å². The van der Waals surface area contributed by atoms with Crippen LogP contribution in [0.1, 0.15) is 66.7 Å². The summed E-state index contributed by atoms with van der Waals surface area (Å²) in [4.78, 5) is 12.9. The molecule has 1 N–H and O–H groups in total. The predicted molar refractivity (Wildman–Crippen MR) is 125 cm³/mol. The highest BCUT2D eigenvalue weighted by molar-refractivity contribution is 5.94. The molecule has 3 aromatic rings. The second-order valence-corrected chi connectivity index (χ2v) is 7.84. The van der Waals surface area contributed by atoms with Gasteiger partial charge in [-0.25, -0.2) is 0 Å². The number of carbonyl (C=O) groups excluding carboxylic acids is 1. The van der Waals surface area contributed by atoms with E-state index in [1.807, 2.05) is 74.5 Å². The van der Waals surface area contributed by atoms with Gasteiger partial charge < -0.3 is 14.8 Å². The molecule has 1 atom stereocenters. The van der Waals surface area contributed by atoms with Crippen molar-refractivity contribution in [2.24, 2.45) is 0 Å². The molecule has 0 fully saturated rings. The van der Waals surface area contributed by atoms with Crippen LogP contribution in [0.5, 0.6) is 11.5 Å². The number of ether oxygens (including phenoxy) is 2. The minimum atomic E-state index is -0.122. The molecule has 0 aliphatic carbocycles. The molecule has 162 valence electrons. The molecule has 1 unspecified atom stereocenters. The van der Waals surface area contributed by atoms with Crippen LogP contribution in [0.3, 0.4) is 0 Å². The number of hydrogen-bond donors (Lipinski definition) is 1. The molecule has 3 rings (SSSR count). The van der Waals surface area contributed by atoms with E-state index in [1.165, 1.54) is 0 Å². The predicted octanol–water partition coefficient (Wildman–Crippen LogP) is 6.28. The second kappa shape index (κ2) is 10.7. The van der Waals surface area contributed by atoms with Crippen LogP contribution in [0.2, 0.25) is 0 Å². The van der Waals surface area contributed by atoms with E-state index in [0.29, 0.717) is 24.7 Å². The molecule has 31 heavy (non-hydrogen) atoms. The average molecular weight is 418 g/mol. The van der Waals surface area contributed by atoms with E-state index in [9.17, 15) is 4.79 Å². The number of hydrogen-bond acceptors (Lipinski definition) is 3. The maximum atomic E-state index is 12.9. The summed E-state index contributed by atoms with van der Waals surface area (Å²) < 4.78 is 11.9. The highest BCUT2D eigenvalue weighted by Crippen LogP contribution is 2.28. The molecule has 4 nitrogen and oxygen atoms in total. The van der Waals surface area contributed by atoms with Gasteiger partial charge in [0.1, 0.15) is 18.1 Å².